The van der Waals surface area contributed by atoms with E-state index >= 15 is 0 Å². The molecule has 2 rings (SSSR count). The Morgan fingerprint density at radius 1 is 1.53 bits per heavy atom. The molecule has 1 heterocycles. The third-order valence-electron chi connectivity index (χ3n) is 2.49. The molecule has 0 bridgehead atoms. The second-order valence-electron chi connectivity index (χ2n) is 3.73. The summed E-state index contributed by atoms with van der Waals surface area (Å²) in [6, 6.07) is 5.06. The van der Waals surface area contributed by atoms with Crippen LogP contribution in [-0.4, -0.2) is 30.8 Å². The molecule has 1 aliphatic rings. The maximum atomic E-state index is 9.43. The molecule has 5 heteroatoms. The Bertz CT molecular complexity index is 455. The smallest absolute Gasteiger partial charge is 0.161 e. The predicted octanol–water partition coefficient (Wildman–Crippen LogP) is 1.52. The Kier molecular flexibility index (Phi) is 3.59. The summed E-state index contributed by atoms with van der Waals surface area (Å²) in [6.07, 6.45) is 3.71. The number of hydrazone groups is 1. The summed E-state index contributed by atoms with van der Waals surface area (Å²) in [7, 11) is 1.52. The van der Waals surface area contributed by atoms with Crippen molar-refractivity contribution < 1.29 is 9.84 Å². The van der Waals surface area contributed by atoms with Gasteiger partial charge in [-0.1, -0.05) is 0 Å². The van der Waals surface area contributed by atoms with Gasteiger partial charge in [0.15, 0.2) is 11.5 Å². The first-order chi connectivity index (χ1) is 8.29. The fourth-order valence-electron chi connectivity index (χ4n) is 1.59. The molecule has 0 unspecified atom stereocenters. The zero-order chi connectivity index (χ0) is 12.1. The van der Waals surface area contributed by atoms with Gasteiger partial charge in [0, 0.05) is 13.0 Å². The standard InChI is InChI=1S/C12H15N3O2/c1-17-11-7-9(4-5-10(11)16)8-14-15-12-3-2-6-13-12/h4-5,7-8,16H,2-3,6H2,1H3,(H,13,15). The lowest BCUT2D eigenvalue weighted by molar-refractivity contribution is 0.373. The lowest BCUT2D eigenvalue weighted by atomic mass is 10.2. The molecule has 0 fully saturated rings. The third kappa shape index (κ3) is 2.96. The lowest BCUT2D eigenvalue weighted by Gasteiger charge is -2.03. The molecule has 0 atom stereocenters. The van der Waals surface area contributed by atoms with Crippen molar-refractivity contribution in [3.63, 3.8) is 0 Å². The number of phenols is 1. The van der Waals surface area contributed by atoms with Crippen molar-refractivity contribution in [3.8, 4) is 11.5 Å². The maximum Gasteiger partial charge on any atom is 0.161 e. The van der Waals surface area contributed by atoms with E-state index in [1.54, 1.807) is 24.4 Å². The number of nitrogens with one attached hydrogen (secondary N) is 1. The first kappa shape index (κ1) is 11.4. The van der Waals surface area contributed by atoms with Crippen LogP contribution < -0.4 is 10.2 Å². The van der Waals surface area contributed by atoms with Crippen LogP contribution in [0.25, 0.3) is 0 Å². The van der Waals surface area contributed by atoms with Gasteiger partial charge in [0.05, 0.1) is 13.3 Å². The number of rotatable bonds is 3. The van der Waals surface area contributed by atoms with Gasteiger partial charge in [-0.3, -0.25) is 10.4 Å². The van der Waals surface area contributed by atoms with Crippen molar-refractivity contribution >= 4 is 12.1 Å². The Labute approximate surface area is 99.8 Å². The number of phenolic OH excluding ortho intramolecular Hbond substituents is 1. The van der Waals surface area contributed by atoms with Crippen molar-refractivity contribution in [1.29, 1.82) is 0 Å². The first-order valence-electron chi connectivity index (χ1n) is 5.49. The summed E-state index contributed by atoms with van der Waals surface area (Å²) in [5.41, 5.74) is 3.75. The van der Waals surface area contributed by atoms with E-state index in [4.69, 9.17) is 4.74 Å². The van der Waals surface area contributed by atoms with Crippen molar-refractivity contribution in [1.82, 2.24) is 5.43 Å². The molecule has 0 saturated carbocycles. The van der Waals surface area contributed by atoms with Crippen LogP contribution in [0.2, 0.25) is 0 Å². The van der Waals surface area contributed by atoms with Gasteiger partial charge in [-0.05, 0) is 30.2 Å². The molecular formula is C12H15N3O2. The number of ether oxygens (including phenoxy) is 1. The second-order valence-corrected chi connectivity index (χ2v) is 3.73. The van der Waals surface area contributed by atoms with E-state index in [9.17, 15) is 5.11 Å². The van der Waals surface area contributed by atoms with Crippen LogP contribution in [0.5, 0.6) is 11.5 Å². The fraction of sp³-hybridized carbons (Fsp3) is 0.333. The van der Waals surface area contributed by atoms with Crippen LogP contribution in [0.3, 0.4) is 0 Å². The highest BCUT2D eigenvalue weighted by molar-refractivity contribution is 5.86. The average Bonchev–Trinajstić information content (AvgIpc) is 2.84. The Morgan fingerprint density at radius 3 is 3.12 bits per heavy atom. The van der Waals surface area contributed by atoms with E-state index in [0.29, 0.717) is 5.75 Å². The van der Waals surface area contributed by atoms with E-state index < -0.39 is 0 Å². The molecule has 17 heavy (non-hydrogen) atoms. The third-order valence-corrected chi connectivity index (χ3v) is 2.49. The molecule has 2 N–H and O–H groups in total. The normalized spacial score (nSPS) is 15.0. The quantitative estimate of drug-likeness (QED) is 0.614. The summed E-state index contributed by atoms with van der Waals surface area (Å²) in [5.74, 6) is 1.48. The van der Waals surface area contributed by atoms with Crippen molar-refractivity contribution in [2.45, 2.75) is 12.8 Å². The molecule has 0 aromatic heterocycles. The van der Waals surface area contributed by atoms with E-state index in [2.05, 4.69) is 15.5 Å². The number of hydrogen-bond acceptors (Lipinski definition) is 5. The van der Waals surface area contributed by atoms with Gasteiger partial charge in [-0.15, -0.1) is 0 Å². The average molecular weight is 233 g/mol. The minimum absolute atomic E-state index is 0.123. The molecule has 0 saturated heterocycles. The Balaban J connectivity index is 2.00. The Morgan fingerprint density at radius 2 is 2.41 bits per heavy atom. The molecule has 1 aliphatic heterocycles. The van der Waals surface area contributed by atoms with Crippen LogP contribution in [0, 0.1) is 0 Å². The van der Waals surface area contributed by atoms with Crippen LogP contribution in [0.1, 0.15) is 18.4 Å². The Hall–Kier alpha value is -2.04. The fourth-order valence-corrected chi connectivity index (χ4v) is 1.59. The van der Waals surface area contributed by atoms with E-state index in [-0.39, 0.29) is 5.75 Å². The number of aromatic hydroxyl groups is 1. The van der Waals surface area contributed by atoms with Gasteiger partial charge < -0.3 is 9.84 Å². The largest absolute Gasteiger partial charge is 0.504 e. The number of hydrogen-bond donors (Lipinski definition) is 2. The predicted molar refractivity (Wildman–Crippen MR) is 66.9 cm³/mol. The molecule has 0 radical (unpaired) electrons. The van der Waals surface area contributed by atoms with E-state index in [1.165, 1.54) is 7.11 Å². The first-order valence-corrected chi connectivity index (χ1v) is 5.49. The molecule has 90 valence electrons. The maximum absolute atomic E-state index is 9.43. The van der Waals surface area contributed by atoms with Crippen molar-refractivity contribution in [2.75, 3.05) is 13.7 Å². The SMILES string of the molecule is COc1cc(C=NNC2=NCCC2)ccc1O. The highest BCUT2D eigenvalue weighted by Crippen LogP contribution is 2.25. The number of methoxy groups -OCH3 is 1. The van der Waals surface area contributed by atoms with E-state index in [0.717, 1.165) is 30.8 Å². The minimum Gasteiger partial charge on any atom is -0.504 e. The topological polar surface area (TPSA) is 66.2 Å². The van der Waals surface area contributed by atoms with Crippen LogP contribution in [-0.2, 0) is 0 Å². The highest BCUT2D eigenvalue weighted by atomic mass is 16.5. The van der Waals surface area contributed by atoms with E-state index in [1.807, 2.05) is 0 Å². The van der Waals surface area contributed by atoms with Crippen molar-refractivity contribution in [3.05, 3.63) is 23.8 Å². The summed E-state index contributed by atoms with van der Waals surface area (Å²) in [4.78, 5) is 4.24. The van der Waals surface area contributed by atoms with Crippen molar-refractivity contribution in [2.24, 2.45) is 10.1 Å². The molecule has 5 nitrogen and oxygen atoms in total. The van der Waals surface area contributed by atoms with Gasteiger partial charge in [-0.25, -0.2) is 0 Å². The minimum atomic E-state index is 0.123. The summed E-state index contributed by atoms with van der Waals surface area (Å²) < 4.78 is 5.01. The lowest BCUT2D eigenvalue weighted by Crippen LogP contribution is -2.14. The monoisotopic (exact) mass is 233 g/mol. The summed E-state index contributed by atoms with van der Waals surface area (Å²) >= 11 is 0. The van der Waals surface area contributed by atoms with Gasteiger partial charge in [0.2, 0.25) is 0 Å². The number of nitrogens with zero attached hydrogens (tertiary/aromatic N) is 2. The molecular weight excluding hydrogens is 218 g/mol. The van der Waals surface area contributed by atoms with Crippen LogP contribution >= 0.6 is 0 Å². The van der Waals surface area contributed by atoms with Gasteiger partial charge >= 0.3 is 0 Å². The zero-order valence-corrected chi connectivity index (χ0v) is 9.68. The number of amidine groups is 1. The van der Waals surface area contributed by atoms with Crippen LogP contribution in [0.4, 0.5) is 0 Å². The van der Waals surface area contributed by atoms with Gasteiger partial charge in [-0.2, -0.15) is 5.10 Å². The van der Waals surface area contributed by atoms with Gasteiger partial charge in [0.25, 0.3) is 0 Å². The molecule has 0 amide bonds. The number of benzene rings is 1. The molecule has 0 aliphatic carbocycles. The zero-order valence-electron chi connectivity index (χ0n) is 9.68. The molecule has 1 aromatic rings. The highest BCUT2D eigenvalue weighted by Gasteiger charge is 2.04. The molecule has 0 spiro atoms. The molecule has 1 aromatic carbocycles. The summed E-state index contributed by atoms with van der Waals surface area (Å²) in [5, 5.41) is 13.5. The van der Waals surface area contributed by atoms with Crippen LogP contribution in [0.15, 0.2) is 28.3 Å². The number of aliphatic imine (C=N–C) groups is 1. The summed E-state index contributed by atoms with van der Waals surface area (Å²) in [6.45, 7) is 0.880. The van der Waals surface area contributed by atoms with Gasteiger partial charge in [0.1, 0.15) is 5.84 Å². The second kappa shape index (κ2) is 5.34.